The number of rotatable bonds is 8. The van der Waals surface area contributed by atoms with Crippen LogP contribution in [0, 0.1) is 36.5 Å². The van der Waals surface area contributed by atoms with Gasteiger partial charge in [-0.05, 0) is 80.4 Å². The number of hydrogen-bond acceptors (Lipinski definition) is 5. The second-order valence-electron chi connectivity index (χ2n) is 12.1. The number of alkyl halides is 1. The first-order valence-corrected chi connectivity index (χ1v) is 14.7. The number of aromatic nitrogens is 2. The molecule has 3 aliphatic rings. The van der Waals surface area contributed by atoms with E-state index in [2.05, 4.69) is 10.1 Å². The maximum Gasteiger partial charge on any atom is 0.257 e. The molecule has 2 aliphatic carbocycles. The third kappa shape index (κ3) is 5.86. The number of carbonyl (C=O) groups excluding carboxylic acids is 2. The molecule has 1 saturated heterocycles. The molecule has 0 spiro atoms. The highest BCUT2D eigenvalue weighted by Gasteiger charge is 2.46. The average molecular weight is 524 g/mol. The van der Waals surface area contributed by atoms with E-state index in [-0.39, 0.29) is 42.2 Å². The molecule has 3 fully saturated rings. The molecule has 1 aromatic heterocycles. The number of ketones is 1. The van der Waals surface area contributed by atoms with Crippen LogP contribution in [0.3, 0.4) is 0 Å². The Labute approximate surface area is 225 Å². The Bertz CT molecular complexity index is 1090. The van der Waals surface area contributed by atoms with E-state index >= 15 is 0 Å². The summed E-state index contributed by atoms with van der Waals surface area (Å²) in [6, 6.07) is 7.42. The van der Waals surface area contributed by atoms with E-state index in [1.165, 1.54) is 32.1 Å². The van der Waals surface area contributed by atoms with E-state index in [1.807, 2.05) is 36.1 Å². The van der Waals surface area contributed by atoms with Gasteiger partial charge in [0.2, 0.25) is 5.91 Å². The van der Waals surface area contributed by atoms with Crippen molar-refractivity contribution in [1.82, 2.24) is 15.0 Å². The molecule has 1 amide bonds. The first kappa shape index (κ1) is 27.0. The zero-order chi connectivity index (χ0) is 26.6. The molecule has 0 N–H and O–H groups in total. The fraction of sp³-hybridized carbons (Fsp3) is 0.677. The Morgan fingerprint density at radius 2 is 1.74 bits per heavy atom. The van der Waals surface area contributed by atoms with E-state index in [1.54, 1.807) is 6.92 Å². The van der Waals surface area contributed by atoms with Crippen molar-refractivity contribution in [1.29, 1.82) is 0 Å². The number of aryl methyl sites for hydroxylation is 1. The first-order valence-electron chi connectivity index (χ1n) is 14.7. The van der Waals surface area contributed by atoms with Gasteiger partial charge in [0.15, 0.2) is 11.6 Å². The predicted molar refractivity (Wildman–Crippen MR) is 144 cm³/mol. The second-order valence-corrected chi connectivity index (χ2v) is 12.1. The van der Waals surface area contributed by atoms with Gasteiger partial charge in [-0.2, -0.15) is 4.98 Å². The van der Waals surface area contributed by atoms with Crippen molar-refractivity contribution in [2.75, 3.05) is 13.2 Å². The van der Waals surface area contributed by atoms with Crippen LogP contribution in [0.4, 0.5) is 4.39 Å². The topological polar surface area (TPSA) is 76.3 Å². The van der Waals surface area contributed by atoms with Crippen LogP contribution in [0.15, 0.2) is 28.8 Å². The number of benzene rings is 1. The lowest BCUT2D eigenvalue weighted by Gasteiger charge is -2.37. The van der Waals surface area contributed by atoms with Crippen LogP contribution in [0.2, 0.25) is 0 Å². The summed E-state index contributed by atoms with van der Waals surface area (Å²) in [7, 11) is 0. The fourth-order valence-electron chi connectivity index (χ4n) is 7.31. The van der Waals surface area contributed by atoms with Crippen molar-refractivity contribution in [2.24, 2.45) is 29.6 Å². The third-order valence-electron chi connectivity index (χ3n) is 9.59. The maximum atomic E-state index is 13.9. The van der Waals surface area contributed by atoms with E-state index in [0.29, 0.717) is 36.5 Å². The molecule has 7 heteroatoms. The minimum atomic E-state index is -0.327. The molecule has 0 radical (unpaired) electrons. The Balaban J connectivity index is 1.30. The van der Waals surface area contributed by atoms with Gasteiger partial charge in [0.25, 0.3) is 5.89 Å². The van der Waals surface area contributed by atoms with Crippen LogP contribution in [0.25, 0.3) is 11.5 Å². The second kappa shape index (κ2) is 12.1. The quantitative estimate of drug-likeness (QED) is 0.402. The molecule has 2 heterocycles. The Morgan fingerprint density at radius 3 is 2.37 bits per heavy atom. The zero-order valence-electron chi connectivity index (χ0n) is 22.9. The molecule has 206 valence electrons. The van der Waals surface area contributed by atoms with Crippen molar-refractivity contribution in [3.63, 3.8) is 0 Å². The summed E-state index contributed by atoms with van der Waals surface area (Å²) in [5, 5.41) is 3.85. The molecule has 2 saturated carbocycles. The molecule has 5 rings (SSSR count). The highest BCUT2D eigenvalue weighted by Crippen LogP contribution is 2.42. The third-order valence-corrected chi connectivity index (χ3v) is 9.59. The SMILES string of the molecule is Cc1noc(-c2ccc(CC(=O)[C@@H]3[C@H](C4CCCCC4)CCN3C(=O)C3CCC([C@H](C)CF)CC3)cc2)n1. The summed E-state index contributed by atoms with van der Waals surface area (Å²) in [6.45, 7) is 4.16. The largest absolute Gasteiger partial charge is 0.334 e. The van der Waals surface area contributed by atoms with E-state index < -0.39 is 0 Å². The molecule has 1 aliphatic heterocycles. The number of hydrogen-bond donors (Lipinski definition) is 0. The Morgan fingerprint density at radius 1 is 1.03 bits per heavy atom. The monoisotopic (exact) mass is 523 g/mol. The summed E-state index contributed by atoms with van der Waals surface area (Å²) in [6.07, 6.45) is 10.8. The van der Waals surface area contributed by atoms with Gasteiger partial charge in [-0.3, -0.25) is 14.0 Å². The number of carbonyl (C=O) groups is 2. The Kier molecular flexibility index (Phi) is 8.59. The highest BCUT2D eigenvalue weighted by molar-refractivity contribution is 5.92. The van der Waals surface area contributed by atoms with E-state index in [9.17, 15) is 14.0 Å². The van der Waals surface area contributed by atoms with Crippen LogP contribution in [-0.4, -0.2) is 46.0 Å². The predicted octanol–water partition coefficient (Wildman–Crippen LogP) is 6.37. The fourth-order valence-corrected chi connectivity index (χ4v) is 7.31. The molecular formula is C31H42FN3O3. The molecule has 2 aromatic rings. The van der Waals surface area contributed by atoms with Gasteiger partial charge < -0.3 is 9.42 Å². The summed E-state index contributed by atoms with van der Waals surface area (Å²) < 4.78 is 18.5. The van der Waals surface area contributed by atoms with Crippen molar-refractivity contribution in [2.45, 2.75) is 90.5 Å². The number of nitrogens with zero attached hydrogens (tertiary/aromatic N) is 3. The minimum Gasteiger partial charge on any atom is -0.334 e. The number of likely N-dealkylation sites (tertiary alicyclic amines) is 1. The zero-order valence-corrected chi connectivity index (χ0v) is 22.9. The van der Waals surface area contributed by atoms with Gasteiger partial charge in [0.1, 0.15) is 0 Å². The standard InChI is InChI=1S/C31H42FN3O3/c1-20(19-32)23-12-14-26(15-13-23)31(37)35-17-16-27(24-6-4-3-5-7-24)29(35)28(36)18-22-8-10-25(11-9-22)30-33-21(2)34-38-30/h8-11,20,23-24,26-27,29H,3-7,12-19H2,1-2H3/t20-,23?,26?,27+,29+/m1/s1. The van der Waals surface area contributed by atoms with Gasteiger partial charge in [0.05, 0.1) is 12.7 Å². The molecule has 6 nitrogen and oxygen atoms in total. The summed E-state index contributed by atoms with van der Waals surface area (Å²) in [5.41, 5.74) is 1.77. The molecule has 3 atom stereocenters. The highest BCUT2D eigenvalue weighted by atomic mass is 19.1. The Hall–Kier alpha value is -2.57. The van der Waals surface area contributed by atoms with Crippen molar-refractivity contribution < 1.29 is 18.5 Å². The van der Waals surface area contributed by atoms with Crippen LogP contribution in [-0.2, 0) is 16.0 Å². The summed E-state index contributed by atoms with van der Waals surface area (Å²) >= 11 is 0. The number of Topliss-reactive ketones (excluding diaryl/α,β-unsaturated/α-hetero) is 1. The lowest BCUT2D eigenvalue weighted by atomic mass is 9.74. The summed E-state index contributed by atoms with van der Waals surface area (Å²) in [4.78, 5) is 34.0. The van der Waals surface area contributed by atoms with Crippen LogP contribution >= 0.6 is 0 Å². The van der Waals surface area contributed by atoms with Gasteiger partial charge in [-0.1, -0.05) is 56.3 Å². The maximum absolute atomic E-state index is 13.9. The smallest absolute Gasteiger partial charge is 0.257 e. The van der Waals surface area contributed by atoms with E-state index in [0.717, 1.165) is 43.2 Å². The van der Waals surface area contributed by atoms with Gasteiger partial charge in [-0.15, -0.1) is 0 Å². The van der Waals surface area contributed by atoms with Gasteiger partial charge in [-0.25, -0.2) is 0 Å². The molecule has 38 heavy (non-hydrogen) atoms. The van der Waals surface area contributed by atoms with Gasteiger partial charge >= 0.3 is 0 Å². The molecular weight excluding hydrogens is 481 g/mol. The van der Waals surface area contributed by atoms with E-state index in [4.69, 9.17) is 4.52 Å². The number of amides is 1. The minimum absolute atomic E-state index is 0.0318. The first-order chi connectivity index (χ1) is 18.4. The van der Waals surface area contributed by atoms with Crippen molar-refractivity contribution in [3.8, 4) is 11.5 Å². The van der Waals surface area contributed by atoms with Crippen LogP contribution in [0.5, 0.6) is 0 Å². The molecule has 0 bridgehead atoms. The normalized spacial score (nSPS) is 27.4. The lowest BCUT2D eigenvalue weighted by Crippen LogP contribution is -2.48. The van der Waals surface area contributed by atoms with Crippen LogP contribution < -0.4 is 0 Å². The average Bonchev–Trinajstić information content (AvgIpc) is 3.60. The van der Waals surface area contributed by atoms with Crippen molar-refractivity contribution in [3.05, 3.63) is 35.7 Å². The molecule has 0 unspecified atom stereocenters. The van der Waals surface area contributed by atoms with Crippen LogP contribution in [0.1, 0.15) is 82.5 Å². The van der Waals surface area contributed by atoms with Crippen molar-refractivity contribution >= 4 is 11.7 Å². The number of halogens is 1. The lowest BCUT2D eigenvalue weighted by molar-refractivity contribution is -0.143. The molecule has 1 aromatic carbocycles. The van der Waals surface area contributed by atoms with Gasteiger partial charge in [0, 0.05) is 24.4 Å². The summed E-state index contributed by atoms with van der Waals surface area (Å²) in [5.74, 6) is 2.57.